The van der Waals surface area contributed by atoms with E-state index in [0.717, 1.165) is 106 Å². The maximum Gasteiger partial charge on any atom is 0.197 e. The molecule has 0 amide bonds. The largest absolute Gasteiger partial charge is 0.456 e. The Morgan fingerprint density at radius 1 is 0.425 bits per heavy atom. The van der Waals surface area contributed by atoms with E-state index in [0.29, 0.717) is 0 Å². The van der Waals surface area contributed by atoms with Crippen LogP contribution in [0.4, 0.5) is 45.5 Å². The van der Waals surface area contributed by atoms with Crippen LogP contribution in [-0.4, -0.2) is 7.28 Å². The smallest absolute Gasteiger partial charge is 0.197 e. The molecule has 1 aliphatic rings. The van der Waals surface area contributed by atoms with Crippen LogP contribution in [0.25, 0.3) is 66.4 Å². The Labute approximate surface area is 471 Å². The third-order valence-electron chi connectivity index (χ3n) is 15.9. The number of para-hydroxylation sites is 1. The molecule has 12 aromatic rings. The topological polar surface area (TPSA) is 31.6 Å². The van der Waals surface area contributed by atoms with Crippen molar-refractivity contribution in [2.75, 3.05) is 15.1 Å². The summed E-state index contributed by atoms with van der Waals surface area (Å²) in [5, 5.41) is 6.08. The van der Waals surface area contributed by atoms with E-state index in [-0.39, 0.29) is 10.8 Å². The highest BCUT2D eigenvalue weighted by Gasteiger charge is 2.34. The van der Waals surface area contributed by atoms with Gasteiger partial charge in [-0.25, -0.2) is 0 Å². The van der Waals surface area contributed by atoms with E-state index in [2.05, 4.69) is 320 Å². The Balaban J connectivity index is 1.05. The summed E-state index contributed by atoms with van der Waals surface area (Å²) in [6, 6.07) is 90.5. The molecule has 1 N–H and O–H groups in total. The normalized spacial score (nSPS) is 12.3. The summed E-state index contributed by atoms with van der Waals surface area (Å²) in [7, 11) is 2.42. The molecule has 0 saturated carbocycles. The number of fused-ring (bicyclic) bond motifs is 6. The molecule has 0 bridgehead atoms. The molecular formula is C75H63BN3O. The van der Waals surface area contributed by atoms with Crippen molar-refractivity contribution in [3.8, 4) is 44.5 Å². The van der Waals surface area contributed by atoms with Gasteiger partial charge in [0.2, 0.25) is 0 Å². The molecule has 13 rings (SSSR count). The van der Waals surface area contributed by atoms with Gasteiger partial charge in [0, 0.05) is 50.8 Å². The monoisotopic (exact) mass is 1030 g/mol. The van der Waals surface area contributed by atoms with Crippen LogP contribution < -0.4 is 26.0 Å². The first-order chi connectivity index (χ1) is 38.8. The Bertz CT molecular complexity index is 4170. The Hall–Kier alpha value is -9.32. The second-order valence-corrected chi connectivity index (χ2v) is 23.4. The zero-order valence-electron chi connectivity index (χ0n) is 46.6. The zero-order chi connectivity index (χ0) is 54.7. The summed E-state index contributed by atoms with van der Waals surface area (Å²) in [5.41, 5.74) is 25.2. The van der Waals surface area contributed by atoms with E-state index >= 15 is 0 Å². The summed E-state index contributed by atoms with van der Waals surface area (Å²) in [6.45, 7) is 15.9. The SMILES string of the molecule is Cc1cc(-c2ccccc2)ccc1N1c2cc(N(c3ccc(C(C)(C)C)cc3)c3ccc(C(C)(C)C)cc3)ccc2[B]c2c(-c3ccc(-c4ccccc4)cc3Nc3ccc(-c4ccccc4)cc3)cc3oc4ccccc4c3c21. The van der Waals surface area contributed by atoms with Crippen LogP contribution in [0.5, 0.6) is 0 Å². The van der Waals surface area contributed by atoms with Crippen LogP contribution in [0.15, 0.2) is 253 Å². The molecule has 5 heteroatoms. The third-order valence-corrected chi connectivity index (χ3v) is 15.9. The van der Waals surface area contributed by atoms with Crippen molar-refractivity contribution in [2.24, 2.45) is 0 Å². The number of rotatable bonds is 10. The Morgan fingerprint density at radius 2 is 0.938 bits per heavy atom. The van der Waals surface area contributed by atoms with Gasteiger partial charge in [-0.15, -0.1) is 0 Å². The number of hydrogen-bond acceptors (Lipinski definition) is 4. The minimum absolute atomic E-state index is 0.0114. The average molecular weight is 1030 g/mol. The molecule has 0 unspecified atom stereocenters. The van der Waals surface area contributed by atoms with Gasteiger partial charge >= 0.3 is 0 Å². The van der Waals surface area contributed by atoms with Crippen molar-refractivity contribution in [1.82, 2.24) is 0 Å². The van der Waals surface area contributed by atoms with Crippen LogP contribution in [0.1, 0.15) is 58.2 Å². The second-order valence-electron chi connectivity index (χ2n) is 23.4. The quantitative estimate of drug-likeness (QED) is 0.138. The van der Waals surface area contributed by atoms with Gasteiger partial charge in [-0.05, 0) is 158 Å². The predicted octanol–water partition coefficient (Wildman–Crippen LogP) is 19.8. The molecule has 1 aliphatic heterocycles. The van der Waals surface area contributed by atoms with Gasteiger partial charge in [-0.2, -0.15) is 0 Å². The van der Waals surface area contributed by atoms with Gasteiger partial charge in [0.15, 0.2) is 7.28 Å². The number of hydrogen-bond donors (Lipinski definition) is 1. The molecule has 4 nitrogen and oxygen atoms in total. The molecule has 0 atom stereocenters. The van der Waals surface area contributed by atoms with Crippen molar-refractivity contribution < 1.29 is 4.42 Å². The lowest BCUT2D eigenvalue weighted by Gasteiger charge is -2.37. The summed E-state index contributed by atoms with van der Waals surface area (Å²) in [6.07, 6.45) is 0. The van der Waals surface area contributed by atoms with Gasteiger partial charge in [-0.3, -0.25) is 0 Å². The second kappa shape index (κ2) is 20.2. The van der Waals surface area contributed by atoms with Crippen molar-refractivity contribution in [2.45, 2.75) is 59.3 Å². The summed E-state index contributed by atoms with van der Waals surface area (Å²) in [4.78, 5) is 4.94. The van der Waals surface area contributed by atoms with Crippen molar-refractivity contribution in [3.63, 3.8) is 0 Å². The highest BCUT2D eigenvalue weighted by molar-refractivity contribution is 6.74. The van der Waals surface area contributed by atoms with Gasteiger partial charge in [0.1, 0.15) is 11.2 Å². The fourth-order valence-corrected chi connectivity index (χ4v) is 11.6. The molecule has 0 saturated heterocycles. The van der Waals surface area contributed by atoms with Crippen LogP contribution in [0.3, 0.4) is 0 Å². The van der Waals surface area contributed by atoms with Crippen LogP contribution in [-0.2, 0) is 10.8 Å². The van der Waals surface area contributed by atoms with Gasteiger partial charge in [0.05, 0.1) is 11.1 Å². The van der Waals surface area contributed by atoms with Crippen molar-refractivity contribution >= 4 is 85.6 Å². The van der Waals surface area contributed by atoms with E-state index in [1.807, 2.05) is 0 Å². The van der Waals surface area contributed by atoms with Crippen molar-refractivity contribution in [1.29, 1.82) is 0 Å². The zero-order valence-corrected chi connectivity index (χ0v) is 46.6. The number of anilines is 8. The summed E-state index contributed by atoms with van der Waals surface area (Å²) < 4.78 is 7.04. The number of nitrogens with one attached hydrogen (secondary N) is 1. The first-order valence-electron chi connectivity index (χ1n) is 27.9. The summed E-state index contributed by atoms with van der Waals surface area (Å²) in [5.74, 6) is 0. The Morgan fingerprint density at radius 3 is 1.52 bits per heavy atom. The van der Waals surface area contributed by atoms with E-state index in [9.17, 15) is 0 Å². The minimum atomic E-state index is 0.0114. The lowest BCUT2D eigenvalue weighted by molar-refractivity contribution is 0.590. The van der Waals surface area contributed by atoms with Crippen LogP contribution in [0, 0.1) is 6.92 Å². The molecule has 1 radical (unpaired) electrons. The van der Waals surface area contributed by atoms with Crippen LogP contribution in [0.2, 0.25) is 0 Å². The summed E-state index contributed by atoms with van der Waals surface area (Å²) >= 11 is 0. The molecule has 0 fully saturated rings. The minimum Gasteiger partial charge on any atom is -0.456 e. The lowest BCUT2D eigenvalue weighted by atomic mass is 9.57. The number of benzene rings is 11. The third kappa shape index (κ3) is 9.43. The molecule has 387 valence electrons. The molecule has 0 spiro atoms. The number of nitrogens with zero attached hydrogens (tertiary/aromatic N) is 2. The fraction of sp³-hybridized carbons (Fsp3) is 0.120. The van der Waals surface area contributed by atoms with E-state index in [1.165, 1.54) is 33.4 Å². The lowest BCUT2D eigenvalue weighted by Crippen LogP contribution is -2.41. The highest BCUT2D eigenvalue weighted by Crippen LogP contribution is 2.49. The first kappa shape index (κ1) is 50.2. The molecule has 1 aromatic heterocycles. The Kier molecular flexibility index (Phi) is 12.7. The maximum absolute atomic E-state index is 7.04. The number of furan rings is 1. The van der Waals surface area contributed by atoms with E-state index in [1.54, 1.807) is 0 Å². The molecule has 0 aliphatic carbocycles. The van der Waals surface area contributed by atoms with Gasteiger partial charge in [0.25, 0.3) is 0 Å². The first-order valence-corrected chi connectivity index (χ1v) is 27.9. The molecular weight excluding hydrogens is 970 g/mol. The number of aryl methyl sites for hydroxylation is 1. The van der Waals surface area contributed by atoms with Crippen LogP contribution >= 0.6 is 0 Å². The maximum atomic E-state index is 7.04. The molecule has 2 heterocycles. The van der Waals surface area contributed by atoms with E-state index < -0.39 is 0 Å². The highest BCUT2D eigenvalue weighted by atomic mass is 16.3. The van der Waals surface area contributed by atoms with E-state index in [4.69, 9.17) is 4.42 Å². The fourth-order valence-electron chi connectivity index (χ4n) is 11.6. The average Bonchev–Trinajstić information content (AvgIpc) is 3.88. The van der Waals surface area contributed by atoms with Gasteiger partial charge < -0.3 is 19.5 Å². The van der Waals surface area contributed by atoms with Gasteiger partial charge in [-0.1, -0.05) is 217 Å². The standard InChI is InChI=1S/C75H63BN3O/c1-49-45-54(51-21-13-9-14-22-51)30-44-67(49)79-68-47-61(78(59-37-31-56(32-38-59)74(2,3)4)60-39-33-57(34-40-60)75(5,6)7)41-43-65(68)76-72-64(48-70-71(73(72)79)63-25-17-18-26-69(63)80-70)62-42-29-55(52-23-15-10-16-24-52)46-66(62)77-58-35-27-53(28-36-58)50-19-11-8-12-20-50/h8-48,77H,1-7H3. The predicted molar refractivity (Wildman–Crippen MR) is 342 cm³/mol. The molecule has 80 heavy (non-hydrogen) atoms. The van der Waals surface area contributed by atoms with Crippen molar-refractivity contribution in [3.05, 3.63) is 265 Å². The molecule has 11 aromatic carbocycles.